The van der Waals surface area contributed by atoms with Crippen LogP contribution in [0.1, 0.15) is 67.9 Å². The molecule has 1 amide bonds. The number of nitrogens with zero attached hydrogens (tertiary/aromatic N) is 4. The maximum Gasteiger partial charge on any atom is 0.254 e. The van der Waals surface area contributed by atoms with E-state index in [9.17, 15) is 10.1 Å². The molecule has 0 spiro atoms. The first kappa shape index (κ1) is 30.1. The van der Waals surface area contributed by atoms with Crippen LogP contribution in [-0.4, -0.2) is 38.8 Å². The van der Waals surface area contributed by atoms with Crippen LogP contribution in [0, 0.1) is 23.2 Å². The summed E-state index contributed by atoms with van der Waals surface area (Å²) in [5.74, 6) is 6.58. The Bertz CT molecular complexity index is 1730. The van der Waals surface area contributed by atoms with E-state index in [1.807, 2.05) is 72.5 Å². The van der Waals surface area contributed by atoms with Gasteiger partial charge >= 0.3 is 0 Å². The van der Waals surface area contributed by atoms with Gasteiger partial charge in [-0.2, -0.15) is 5.26 Å². The number of hydrogen-bond donors (Lipinski definition) is 1. The molecular formula is C35H35N5O2S. The van der Waals surface area contributed by atoms with Crippen LogP contribution in [0.3, 0.4) is 0 Å². The molecule has 1 unspecified atom stereocenters. The van der Waals surface area contributed by atoms with Gasteiger partial charge in [0.25, 0.3) is 5.91 Å². The molecule has 0 bridgehead atoms. The second-order valence-electron chi connectivity index (χ2n) is 11.3. The first-order chi connectivity index (χ1) is 20.7. The van der Waals surface area contributed by atoms with E-state index in [1.54, 1.807) is 24.8 Å². The molecule has 8 heteroatoms. The van der Waals surface area contributed by atoms with Crippen molar-refractivity contribution in [2.45, 2.75) is 68.7 Å². The maximum atomic E-state index is 13.9. The highest BCUT2D eigenvalue weighted by Crippen LogP contribution is 2.36. The fourth-order valence-corrected chi connectivity index (χ4v) is 6.37. The monoisotopic (exact) mass is 589 g/mol. The highest BCUT2D eigenvalue weighted by atomic mass is 32.2. The van der Waals surface area contributed by atoms with E-state index in [1.165, 1.54) is 0 Å². The van der Waals surface area contributed by atoms with Crippen LogP contribution in [0.5, 0.6) is 0 Å². The van der Waals surface area contributed by atoms with Gasteiger partial charge in [0, 0.05) is 33.4 Å². The third kappa shape index (κ3) is 6.67. The fraction of sp³-hybridized carbons (Fsp3) is 0.314. The van der Waals surface area contributed by atoms with E-state index < -0.39 is 5.54 Å². The summed E-state index contributed by atoms with van der Waals surface area (Å²) in [6.45, 7) is 8.48. The van der Waals surface area contributed by atoms with Crippen LogP contribution in [0.4, 0.5) is 0 Å². The summed E-state index contributed by atoms with van der Waals surface area (Å²) in [7, 11) is 0. The average Bonchev–Trinajstić information content (AvgIpc) is 3.68. The van der Waals surface area contributed by atoms with Crippen molar-refractivity contribution in [1.29, 1.82) is 5.26 Å². The predicted octanol–water partition coefficient (Wildman–Crippen LogP) is 6.82. The average molecular weight is 590 g/mol. The quantitative estimate of drug-likeness (QED) is 0.177. The number of nitrogens with two attached hydrogens (primary N) is 1. The summed E-state index contributed by atoms with van der Waals surface area (Å²) >= 11 is 1.63. The summed E-state index contributed by atoms with van der Waals surface area (Å²) in [6, 6.07) is 23.5. The van der Waals surface area contributed by atoms with Crippen LogP contribution in [-0.2, 0) is 12.0 Å². The van der Waals surface area contributed by atoms with Gasteiger partial charge in [0.15, 0.2) is 0 Å². The lowest BCUT2D eigenvalue weighted by Gasteiger charge is -2.22. The minimum atomic E-state index is -0.902. The lowest BCUT2D eigenvalue weighted by molar-refractivity contribution is 0.0766. The first-order valence-electron chi connectivity index (χ1n) is 14.5. The number of aromatic nitrogens is 2. The van der Waals surface area contributed by atoms with Crippen LogP contribution in [0.2, 0.25) is 0 Å². The Hall–Kier alpha value is -4.37. The van der Waals surface area contributed by atoms with E-state index in [4.69, 9.17) is 10.2 Å². The highest BCUT2D eigenvalue weighted by molar-refractivity contribution is 8.00. The van der Waals surface area contributed by atoms with E-state index in [0.717, 1.165) is 34.4 Å². The Balaban J connectivity index is 1.60. The van der Waals surface area contributed by atoms with Gasteiger partial charge in [-0.15, -0.1) is 27.9 Å². The second kappa shape index (κ2) is 12.9. The third-order valence-corrected chi connectivity index (χ3v) is 8.46. The molecule has 0 aliphatic carbocycles. The molecule has 218 valence electrons. The van der Waals surface area contributed by atoms with Crippen LogP contribution in [0.15, 0.2) is 76.0 Å². The van der Waals surface area contributed by atoms with Crippen molar-refractivity contribution in [3.63, 3.8) is 0 Å². The maximum absolute atomic E-state index is 13.9. The van der Waals surface area contributed by atoms with Crippen LogP contribution >= 0.6 is 11.8 Å². The van der Waals surface area contributed by atoms with Crippen molar-refractivity contribution >= 4 is 17.7 Å². The number of benzene rings is 3. The largest absolute Gasteiger partial charge is 0.419 e. The molecule has 1 fully saturated rings. The highest BCUT2D eigenvalue weighted by Gasteiger charge is 2.31. The number of likely N-dealkylation sites (tertiary alicyclic amines) is 1. The number of hydrogen-bond acceptors (Lipinski definition) is 7. The van der Waals surface area contributed by atoms with Crippen LogP contribution in [0.25, 0.3) is 22.6 Å². The number of rotatable bonds is 8. The number of thioether (sulfide) groups is 1. The lowest BCUT2D eigenvalue weighted by atomic mass is 9.94. The zero-order valence-corrected chi connectivity index (χ0v) is 25.7. The summed E-state index contributed by atoms with van der Waals surface area (Å²) in [4.78, 5) is 16.7. The van der Waals surface area contributed by atoms with E-state index in [-0.39, 0.29) is 17.8 Å². The van der Waals surface area contributed by atoms with Crippen molar-refractivity contribution in [3.8, 4) is 40.5 Å². The Labute approximate surface area is 257 Å². The Morgan fingerprint density at radius 3 is 2.63 bits per heavy atom. The molecule has 0 radical (unpaired) electrons. The lowest BCUT2D eigenvalue weighted by Crippen LogP contribution is -2.35. The number of nitriles is 1. The molecule has 1 aromatic heterocycles. The van der Waals surface area contributed by atoms with E-state index in [2.05, 4.69) is 42.0 Å². The molecule has 1 aliphatic rings. The Morgan fingerprint density at radius 1 is 1.14 bits per heavy atom. The van der Waals surface area contributed by atoms with Gasteiger partial charge in [0.2, 0.25) is 11.8 Å². The molecule has 1 aliphatic heterocycles. The molecule has 0 saturated carbocycles. The van der Waals surface area contributed by atoms with E-state index >= 15 is 0 Å². The van der Waals surface area contributed by atoms with Gasteiger partial charge in [-0.25, -0.2) is 0 Å². The third-order valence-electron chi connectivity index (χ3n) is 7.39. The smallest absolute Gasteiger partial charge is 0.254 e. The number of carbonyl (C=O) groups excluding carboxylic acids is 1. The standard InChI is InChI=1S/C35H35N5O2S/c1-5-11-28-14-10-17-40(28)33(41)27-19-25(29-15-9-16-31(30(29)22-36)43-23(2)3)18-26(20-27)32-38-39-34(42-32)35(4,37)21-24-12-7-6-8-13-24/h6-9,12-13,15-16,18-20,23,28H,10,14,17,21,37H2,1-4H3/t28?,35-/m1/s1. The molecule has 43 heavy (non-hydrogen) atoms. The minimum Gasteiger partial charge on any atom is -0.419 e. The second-order valence-corrected chi connectivity index (χ2v) is 12.9. The topological polar surface area (TPSA) is 109 Å². The molecule has 2 atom stereocenters. The fourth-order valence-electron chi connectivity index (χ4n) is 5.43. The molecule has 2 N–H and O–H groups in total. The molecule has 3 aromatic carbocycles. The van der Waals surface area contributed by atoms with Gasteiger partial charge in [0.05, 0.1) is 17.1 Å². The number of carbonyl (C=O) groups is 1. The minimum absolute atomic E-state index is 0.118. The molecule has 1 saturated heterocycles. The first-order valence-corrected chi connectivity index (χ1v) is 15.3. The van der Waals surface area contributed by atoms with Crippen molar-refractivity contribution < 1.29 is 9.21 Å². The molecule has 5 rings (SSSR count). The summed E-state index contributed by atoms with van der Waals surface area (Å²) in [6.07, 6.45) is 2.25. The van der Waals surface area contributed by atoms with Gasteiger partial charge in [0.1, 0.15) is 6.07 Å². The summed E-state index contributed by atoms with van der Waals surface area (Å²) in [5, 5.41) is 19.2. The van der Waals surface area contributed by atoms with Gasteiger partial charge in [-0.1, -0.05) is 62.2 Å². The summed E-state index contributed by atoms with van der Waals surface area (Å²) < 4.78 is 6.19. The molecular weight excluding hydrogens is 554 g/mol. The molecule has 2 heterocycles. The SMILES string of the molecule is CC#CC1CCCN1C(=O)c1cc(-c2nnc([C@](C)(N)Cc3ccccc3)o2)cc(-c2cccc(SC(C)C)c2C#N)c1. The zero-order chi connectivity index (χ0) is 30.6. The summed E-state index contributed by atoms with van der Waals surface area (Å²) in [5.41, 5.74) is 9.91. The van der Waals surface area contributed by atoms with Crippen molar-refractivity contribution in [2.24, 2.45) is 5.73 Å². The van der Waals surface area contributed by atoms with Crippen molar-refractivity contribution in [3.05, 3.63) is 89.3 Å². The number of amides is 1. The van der Waals surface area contributed by atoms with E-state index in [0.29, 0.717) is 40.8 Å². The van der Waals surface area contributed by atoms with Crippen molar-refractivity contribution in [1.82, 2.24) is 15.1 Å². The van der Waals surface area contributed by atoms with Crippen molar-refractivity contribution in [2.75, 3.05) is 6.54 Å². The normalized spacial score (nSPS) is 15.9. The zero-order valence-electron chi connectivity index (χ0n) is 24.9. The van der Waals surface area contributed by atoms with Gasteiger partial charge < -0.3 is 15.1 Å². The molecule has 4 aromatic rings. The van der Waals surface area contributed by atoms with Gasteiger partial charge in [-0.05, 0) is 68.5 Å². The Morgan fingerprint density at radius 2 is 1.91 bits per heavy atom. The van der Waals surface area contributed by atoms with Crippen LogP contribution < -0.4 is 5.73 Å². The Kier molecular flexibility index (Phi) is 9.01. The van der Waals surface area contributed by atoms with Gasteiger partial charge in [-0.3, -0.25) is 4.79 Å². The molecule has 7 nitrogen and oxygen atoms in total. The predicted molar refractivity (Wildman–Crippen MR) is 170 cm³/mol.